The molecule has 1 fully saturated rings. The Balaban J connectivity index is 0.00000182. The monoisotopic (exact) mass is 377 g/mol. The smallest absolute Gasteiger partial charge is 0.266 e. The average Bonchev–Trinajstić information content (AvgIpc) is 3.07. The van der Waals surface area contributed by atoms with Crippen LogP contribution in [0.5, 0.6) is 0 Å². The normalized spacial score (nSPS) is 20.6. The molecule has 1 unspecified atom stereocenters. The fraction of sp³-hybridized carbons (Fsp3) is 0.421. The summed E-state index contributed by atoms with van der Waals surface area (Å²) < 4.78 is 0. The molecule has 0 spiro atoms. The van der Waals surface area contributed by atoms with Crippen LogP contribution in [0, 0.1) is 0 Å². The number of nitrogens with two attached hydrogens (primary N) is 1. The predicted octanol–water partition coefficient (Wildman–Crippen LogP) is 3.07. The summed E-state index contributed by atoms with van der Waals surface area (Å²) in [6, 6.07) is 11.2. The summed E-state index contributed by atoms with van der Waals surface area (Å²) in [5, 5.41) is 1.89. The largest absolute Gasteiger partial charge is 0.397 e. The van der Waals surface area contributed by atoms with Crippen molar-refractivity contribution in [2.24, 2.45) is 0 Å². The van der Waals surface area contributed by atoms with Crippen molar-refractivity contribution in [2.45, 2.75) is 25.3 Å². The first-order valence-electron chi connectivity index (χ1n) is 8.65. The molecule has 0 saturated carbocycles. The zero-order valence-corrected chi connectivity index (χ0v) is 15.8. The summed E-state index contributed by atoms with van der Waals surface area (Å²) in [6.07, 6.45) is 3.54. The second-order valence-corrected chi connectivity index (χ2v) is 7.61. The van der Waals surface area contributed by atoms with Gasteiger partial charge >= 0.3 is 0 Å². The quantitative estimate of drug-likeness (QED) is 0.875. The van der Waals surface area contributed by atoms with Gasteiger partial charge in [-0.15, -0.1) is 23.7 Å². The number of hydrogen-bond acceptors (Lipinski definition) is 4. The predicted molar refractivity (Wildman–Crippen MR) is 106 cm³/mol. The zero-order chi connectivity index (χ0) is 16.5. The lowest BCUT2D eigenvalue weighted by Crippen LogP contribution is -2.53. The van der Waals surface area contributed by atoms with Crippen LogP contribution in [0.4, 0.5) is 5.69 Å². The molecule has 2 aliphatic rings. The van der Waals surface area contributed by atoms with E-state index in [1.54, 1.807) is 0 Å². The van der Waals surface area contributed by atoms with E-state index in [1.165, 1.54) is 35.3 Å². The molecule has 1 atom stereocenters. The molecule has 1 aliphatic carbocycles. The number of rotatable bonds is 2. The molecule has 1 aromatic heterocycles. The number of amides is 1. The van der Waals surface area contributed by atoms with Gasteiger partial charge in [0, 0.05) is 32.2 Å². The van der Waals surface area contributed by atoms with E-state index in [4.69, 9.17) is 5.73 Å². The van der Waals surface area contributed by atoms with Gasteiger partial charge in [0.15, 0.2) is 0 Å². The average molecular weight is 378 g/mol. The van der Waals surface area contributed by atoms with Crippen LogP contribution in [0.1, 0.15) is 27.2 Å². The van der Waals surface area contributed by atoms with Crippen molar-refractivity contribution < 1.29 is 4.79 Å². The van der Waals surface area contributed by atoms with Gasteiger partial charge in [0.05, 0.1) is 5.69 Å². The summed E-state index contributed by atoms with van der Waals surface area (Å²) in [7, 11) is 0. The highest BCUT2D eigenvalue weighted by Gasteiger charge is 2.29. The second kappa shape index (κ2) is 7.77. The number of anilines is 1. The molecule has 25 heavy (non-hydrogen) atoms. The molecular weight excluding hydrogens is 354 g/mol. The van der Waals surface area contributed by atoms with Crippen LogP contribution >= 0.6 is 23.7 Å². The summed E-state index contributed by atoms with van der Waals surface area (Å²) in [4.78, 5) is 17.8. The number of thiophene rings is 1. The third kappa shape index (κ3) is 3.68. The topological polar surface area (TPSA) is 49.6 Å². The van der Waals surface area contributed by atoms with Crippen LogP contribution in [-0.2, 0) is 12.8 Å². The van der Waals surface area contributed by atoms with E-state index in [0.717, 1.165) is 32.6 Å². The van der Waals surface area contributed by atoms with Crippen LogP contribution in [0.25, 0.3) is 0 Å². The van der Waals surface area contributed by atoms with Crippen LogP contribution in [-0.4, -0.2) is 47.9 Å². The SMILES string of the molecule is Cl.Nc1ccsc1C(=O)N1CCN(C2CCc3ccccc3C2)CC1. The fourth-order valence-corrected chi connectivity index (χ4v) is 4.70. The van der Waals surface area contributed by atoms with E-state index in [0.29, 0.717) is 16.6 Å². The number of carbonyl (C=O) groups excluding carboxylic acids is 1. The van der Waals surface area contributed by atoms with Crippen molar-refractivity contribution >= 4 is 35.3 Å². The van der Waals surface area contributed by atoms with Crippen LogP contribution in [0.2, 0.25) is 0 Å². The third-order valence-electron chi connectivity index (χ3n) is 5.33. The van der Waals surface area contributed by atoms with Crippen LogP contribution in [0.15, 0.2) is 35.7 Å². The molecular formula is C19H24ClN3OS. The fourth-order valence-electron chi connectivity index (χ4n) is 3.92. The van der Waals surface area contributed by atoms with Crippen molar-refractivity contribution in [3.8, 4) is 0 Å². The first kappa shape index (κ1) is 18.2. The molecule has 1 amide bonds. The van der Waals surface area contributed by atoms with Crippen LogP contribution < -0.4 is 5.73 Å². The van der Waals surface area contributed by atoms with E-state index >= 15 is 0 Å². The van der Waals surface area contributed by atoms with Gasteiger partial charge in [-0.3, -0.25) is 9.69 Å². The van der Waals surface area contributed by atoms with Gasteiger partial charge in [-0.05, 0) is 41.8 Å². The Labute approximate surface area is 159 Å². The number of hydrogen-bond donors (Lipinski definition) is 1. The summed E-state index contributed by atoms with van der Waals surface area (Å²) >= 11 is 1.44. The van der Waals surface area contributed by atoms with Crippen molar-refractivity contribution in [3.63, 3.8) is 0 Å². The van der Waals surface area contributed by atoms with Crippen molar-refractivity contribution in [2.75, 3.05) is 31.9 Å². The Morgan fingerprint density at radius 3 is 2.48 bits per heavy atom. The Morgan fingerprint density at radius 1 is 1.08 bits per heavy atom. The molecule has 1 saturated heterocycles. The number of fused-ring (bicyclic) bond motifs is 1. The first-order valence-corrected chi connectivity index (χ1v) is 9.53. The molecule has 6 heteroatoms. The standard InChI is InChI=1S/C19H23N3OS.ClH/c20-17-7-12-24-18(17)19(23)22-10-8-21(9-11-22)16-6-5-14-3-1-2-4-15(14)13-16;/h1-4,7,12,16H,5-6,8-11,13,20H2;1H. The van der Waals surface area contributed by atoms with Gasteiger partial charge < -0.3 is 10.6 Å². The first-order chi connectivity index (χ1) is 11.7. The molecule has 4 nitrogen and oxygen atoms in total. The van der Waals surface area contributed by atoms with Gasteiger partial charge in [0.2, 0.25) is 0 Å². The number of halogens is 1. The Kier molecular flexibility index (Phi) is 5.67. The van der Waals surface area contributed by atoms with E-state index in [2.05, 4.69) is 29.2 Å². The molecule has 1 aliphatic heterocycles. The molecule has 2 N–H and O–H groups in total. The molecule has 0 radical (unpaired) electrons. The number of benzene rings is 1. The highest BCUT2D eigenvalue weighted by molar-refractivity contribution is 7.12. The van der Waals surface area contributed by atoms with Gasteiger partial charge in [0.1, 0.15) is 4.88 Å². The lowest BCUT2D eigenvalue weighted by atomic mass is 9.87. The van der Waals surface area contributed by atoms with E-state index in [1.807, 2.05) is 16.3 Å². The van der Waals surface area contributed by atoms with E-state index in [-0.39, 0.29) is 18.3 Å². The zero-order valence-electron chi connectivity index (χ0n) is 14.2. The van der Waals surface area contributed by atoms with Gasteiger partial charge in [-0.25, -0.2) is 0 Å². The molecule has 4 rings (SSSR count). The lowest BCUT2D eigenvalue weighted by Gasteiger charge is -2.41. The van der Waals surface area contributed by atoms with Gasteiger partial charge in [0.25, 0.3) is 5.91 Å². The molecule has 134 valence electrons. The summed E-state index contributed by atoms with van der Waals surface area (Å²) in [5.74, 6) is 0.0936. The van der Waals surface area contributed by atoms with Gasteiger partial charge in [-0.2, -0.15) is 0 Å². The molecule has 1 aromatic carbocycles. The number of carbonyl (C=O) groups is 1. The lowest BCUT2D eigenvalue weighted by molar-refractivity contribution is 0.0558. The van der Waals surface area contributed by atoms with Crippen molar-refractivity contribution in [1.82, 2.24) is 9.80 Å². The minimum Gasteiger partial charge on any atom is -0.397 e. The number of nitrogens with zero attached hydrogens (tertiary/aromatic N) is 2. The summed E-state index contributed by atoms with van der Waals surface area (Å²) in [6.45, 7) is 3.52. The molecule has 2 aromatic rings. The number of aryl methyl sites for hydroxylation is 1. The third-order valence-corrected chi connectivity index (χ3v) is 6.25. The minimum atomic E-state index is 0. The molecule has 0 bridgehead atoms. The second-order valence-electron chi connectivity index (χ2n) is 6.70. The maximum atomic E-state index is 12.6. The Bertz CT molecular complexity index is 740. The Hall–Kier alpha value is -1.56. The summed E-state index contributed by atoms with van der Waals surface area (Å²) in [5.41, 5.74) is 9.51. The maximum absolute atomic E-state index is 12.6. The van der Waals surface area contributed by atoms with Crippen molar-refractivity contribution in [3.05, 3.63) is 51.7 Å². The van der Waals surface area contributed by atoms with Crippen molar-refractivity contribution in [1.29, 1.82) is 0 Å². The number of piperazine rings is 1. The highest BCUT2D eigenvalue weighted by Crippen LogP contribution is 2.26. The van der Waals surface area contributed by atoms with Crippen LogP contribution in [0.3, 0.4) is 0 Å². The van der Waals surface area contributed by atoms with Gasteiger partial charge in [-0.1, -0.05) is 24.3 Å². The Morgan fingerprint density at radius 2 is 1.80 bits per heavy atom. The minimum absolute atomic E-state index is 0. The highest BCUT2D eigenvalue weighted by atomic mass is 35.5. The van der Waals surface area contributed by atoms with E-state index < -0.39 is 0 Å². The molecule has 2 heterocycles. The number of nitrogen functional groups attached to an aromatic ring is 1. The van der Waals surface area contributed by atoms with E-state index in [9.17, 15) is 4.79 Å². The maximum Gasteiger partial charge on any atom is 0.266 e.